The molecule has 1 atom stereocenters. The first-order valence-electron chi connectivity index (χ1n) is 11.1. The van der Waals surface area contributed by atoms with Gasteiger partial charge in [-0.05, 0) is 72.9 Å². The number of rotatable bonds is 7. The first-order chi connectivity index (χ1) is 15.6. The van der Waals surface area contributed by atoms with Crippen LogP contribution in [0.2, 0.25) is 0 Å². The Labute approximate surface area is 190 Å². The highest BCUT2D eigenvalue weighted by atomic mass is 16.5. The first-order valence-corrected chi connectivity index (χ1v) is 11.1. The highest BCUT2D eigenvalue weighted by Gasteiger charge is 2.23. The third-order valence-corrected chi connectivity index (χ3v) is 6.18. The monoisotopic (exact) mass is 433 g/mol. The molecule has 1 heterocycles. The minimum Gasteiger partial charge on any atom is -0.508 e. The number of benzene rings is 3. The number of fused-ring (bicyclic) bond motifs is 1. The number of nitrogens with zero attached hydrogens (tertiary/aromatic N) is 1. The standard InChI is InChI=1S/C27H31NO4/c1-19(4-5-20-6-10-24(29)11-7-20)28-14-15-32-27-23(18-28)16-22(17-26(27)31-3)21-8-12-25(30-2)13-9-21/h6-13,16-17,19,29H,4-5,14-15,18H2,1-3H3/t19-/m1/s1. The fraction of sp³-hybridized carbons (Fsp3) is 0.333. The van der Waals surface area contributed by atoms with Crippen LogP contribution in [0.15, 0.2) is 60.7 Å². The molecule has 3 aromatic rings. The van der Waals surface area contributed by atoms with Crippen molar-refractivity contribution in [3.63, 3.8) is 0 Å². The van der Waals surface area contributed by atoms with Crippen molar-refractivity contribution in [1.82, 2.24) is 4.90 Å². The second-order valence-corrected chi connectivity index (χ2v) is 8.27. The number of ether oxygens (including phenoxy) is 3. The van der Waals surface area contributed by atoms with Gasteiger partial charge in [-0.3, -0.25) is 4.90 Å². The Kier molecular flexibility index (Phi) is 6.86. The molecular weight excluding hydrogens is 402 g/mol. The second-order valence-electron chi connectivity index (χ2n) is 8.27. The SMILES string of the molecule is COc1ccc(-c2cc3c(c(OC)c2)OCCN([C@H](C)CCc2ccc(O)cc2)C3)cc1. The van der Waals surface area contributed by atoms with Gasteiger partial charge in [0.1, 0.15) is 18.1 Å². The van der Waals surface area contributed by atoms with Crippen LogP contribution in [0.5, 0.6) is 23.0 Å². The van der Waals surface area contributed by atoms with Gasteiger partial charge in [0.2, 0.25) is 0 Å². The lowest BCUT2D eigenvalue weighted by molar-refractivity contribution is 0.171. The number of aryl methyl sites for hydroxylation is 1. The van der Waals surface area contributed by atoms with Crippen molar-refractivity contribution in [2.24, 2.45) is 0 Å². The quantitative estimate of drug-likeness (QED) is 0.549. The first kappa shape index (κ1) is 22.0. The minimum absolute atomic E-state index is 0.310. The summed E-state index contributed by atoms with van der Waals surface area (Å²) < 4.78 is 17.1. The summed E-state index contributed by atoms with van der Waals surface area (Å²) in [5.41, 5.74) is 4.60. The Bertz CT molecular complexity index is 1030. The summed E-state index contributed by atoms with van der Waals surface area (Å²) in [5, 5.41) is 9.50. The van der Waals surface area contributed by atoms with Gasteiger partial charge in [0.15, 0.2) is 11.5 Å². The molecular formula is C27H31NO4. The number of hydrogen-bond donors (Lipinski definition) is 1. The van der Waals surface area contributed by atoms with Gasteiger partial charge in [0.25, 0.3) is 0 Å². The van der Waals surface area contributed by atoms with Crippen molar-refractivity contribution in [1.29, 1.82) is 0 Å². The molecule has 0 bridgehead atoms. The molecule has 5 heteroatoms. The van der Waals surface area contributed by atoms with Gasteiger partial charge >= 0.3 is 0 Å². The number of methoxy groups -OCH3 is 2. The van der Waals surface area contributed by atoms with E-state index >= 15 is 0 Å². The summed E-state index contributed by atoms with van der Waals surface area (Å²) >= 11 is 0. The number of phenols is 1. The number of phenolic OH excluding ortho intramolecular Hbond substituents is 1. The van der Waals surface area contributed by atoms with Crippen LogP contribution in [0.4, 0.5) is 0 Å². The molecule has 0 fully saturated rings. The van der Waals surface area contributed by atoms with E-state index in [2.05, 4.69) is 30.0 Å². The van der Waals surface area contributed by atoms with E-state index in [4.69, 9.17) is 14.2 Å². The van der Waals surface area contributed by atoms with Gasteiger partial charge in [0.05, 0.1) is 14.2 Å². The largest absolute Gasteiger partial charge is 0.508 e. The topological polar surface area (TPSA) is 51.2 Å². The van der Waals surface area contributed by atoms with Crippen molar-refractivity contribution < 1.29 is 19.3 Å². The van der Waals surface area contributed by atoms with E-state index < -0.39 is 0 Å². The molecule has 0 aromatic heterocycles. The van der Waals surface area contributed by atoms with Gasteiger partial charge in [-0.25, -0.2) is 0 Å². The molecule has 1 aliphatic rings. The van der Waals surface area contributed by atoms with E-state index in [1.54, 1.807) is 26.4 Å². The molecule has 5 nitrogen and oxygen atoms in total. The van der Waals surface area contributed by atoms with Crippen molar-refractivity contribution in [3.8, 4) is 34.1 Å². The molecule has 0 spiro atoms. The van der Waals surface area contributed by atoms with Gasteiger partial charge in [-0.2, -0.15) is 0 Å². The van der Waals surface area contributed by atoms with Crippen molar-refractivity contribution in [2.75, 3.05) is 27.4 Å². The Morgan fingerprint density at radius 1 is 0.969 bits per heavy atom. The molecule has 0 amide bonds. The van der Waals surface area contributed by atoms with Gasteiger partial charge in [0, 0.05) is 24.7 Å². The average Bonchev–Trinajstić information content (AvgIpc) is 3.05. The summed E-state index contributed by atoms with van der Waals surface area (Å²) in [4.78, 5) is 2.48. The van der Waals surface area contributed by atoms with Crippen LogP contribution in [0.1, 0.15) is 24.5 Å². The minimum atomic E-state index is 0.310. The fourth-order valence-electron chi connectivity index (χ4n) is 4.20. The molecule has 0 unspecified atom stereocenters. The fourth-order valence-corrected chi connectivity index (χ4v) is 4.20. The average molecular weight is 434 g/mol. The van der Waals surface area contributed by atoms with E-state index in [0.717, 1.165) is 59.9 Å². The maximum absolute atomic E-state index is 9.50. The molecule has 0 aliphatic carbocycles. The second kappa shape index (κ2) is 9.96. The smallest absolute Gasteiger partial charge is 0.165 e. The van der Waals surface area contributed by atoms with Crippen LogP contribution < -0.4 is 14.2 Å². The van der Waals surface area contributed by atoms with E-state index in [1.165, 1.54) is 5.56 Å². The zero-order valence-corrected chi connectivity index (χ0v) is 19.0. The highest BCUT2D eigenvalue weighted by Crippen LogP contribution is 2.39. The predicted octanol–water partition coefficient (Wildman–Crippen LogP) is 5.29. The lowest BCUT2D eigenvalue weighted by Gasteiger charge is -2.27. The Morgan fingerprint density at radius 2 is 1.72 bits per heavy atom. The van der Waals surface area contributed by atoms with Gasteiger partial charge in [-0.1, -0.05) is 24.3 Å². The molecule has 3 aromatic carbocycles. The zero-order valence-electron chi connectivity index (χ0n) is 19.0. The summed E-state index contributed by atoms with van der Waals surface area (Å²) in [7, 11) is 3.37. The summed E-state index contributed by atoms with van der Waals surface area (Å²) in [6.07, 6.45) is 2.01. The van der Waals surface area contributed by atoms with Crippen LogP contribution in [0.25, 0.3) is 11.1 Å². The molecule has 0 saturated heterocycles. The molecule has 32 heavy (non-hydrogen) atoms. The maximum Gasteiger partial charge on any atom is 0.165 e. The van der Waals surface area contributed by atoms with Crippen molar-refractivity contribution in [2.45, 2.75) is 32.4 Å². The summed E-state index contributed by atoms with van der Waals surface area (Å²) in [6.45, 7) is 4.59. The van der Waals surface area contributed by atoms with Gasteiger partial charge < -0.3 is 19.3 Å². The maximum atomic E-state index is 9.50. The van der Waals surface area contributed by atoms with Crippen LogP contribution in [-0.2, 0) is 13.0 Å². The van der Waals surface area contributed by atoms with E-state index in [9.17, 15) is 5.11 Å². The normalized spacial score (nSPS) is 14.7. The molecule has 1 aliphatic heterocycles. The lowest BCUT2D eigenvalue weighted by Crippen LogP contribution is -2.34. The van der Waals surface area contributed by atoms with Crippen molar-refractivity contribution in [3.05, 3.63) is 71.8 Å². The van der Waals surface area contributed by atoms with Crippen LogP contribution >= 0.6 is 0 Å². The van der Waals surface area contributed by atoms with Crippen LogP contribution in [0.3, 0.4) is 0 Å². The molecule has 0 radical (unpaired) electrons. The van der Waals surface area contributed by atoms with E-state index in [0.29, 0.717) is 18.4 Å². The molecule has 4 rings (SSSR count). The zero-order chi connectivity index (χ0) is 22.5. The molecule has 168 valence electrons. The highest BCUT2D eigenvalue weighted by molar-refractivity contribution is 5.70. The summed E-state index contributed by atoms with van der Waals surface area (Å²) in [5.74, 6) is 2.77. The van der Waals surface area contributed by atoms with Crippen molar-refractivity contribution >= 4 is 0 Å². The molecule has 1 N–H and O–H groups in total. The van der Waals surface area contributed by atoms with E-state index in [-0.39, 0.29) is 0 Å². The number of hydrogen-bond acceptors (Lipinski definition) is 5. The van der Waals surface area contributed by atoms with Crippen LogP contribution in [0, 0.1) is 0 Å². The van der Waals surface area contributed by atoms with E-state index in [1.807, 2.05) is 30.3 Å². The predicted molar refractivity (Wildman–Crippen MR) is 127 cm³/mol. The summed E-state index contributed by atoms with van der Waals surface area (Å²) in [6, 6.07) is 20.2. The Balaban J connectivity index is 1.54. The van der Waals surface area contributed by atoms with Gasteiger partial charge in [-0.15, -0.1) is 0 Å². The Hall–Kier alpha value is -3.18. The molecule has 0 saturated carbocycles. The lowest BCUT2D eigenvalue weighted by atomic mass is 10.0. The van der Waals surface area contributed by atoms with Crippen LogP contribution in [-0.4, -0.2) is 43.4 Å². The third kappa shape index (κ3) is 5.00. The Morgan fingerprint density at radius 3 is 2.41 bits per heavy atom. The number of aromatic hydroxyl groups is 1. The third-order valence-electron chi connectivity index (χ3n) is 6.18.